The Morgan fingerprint density at radius 3 is 2.55 bits per heavy atom. The third-order valence-corrected chi connectivity index (χ3v) is 3.40. The highest BCUT2D eigenvalue weighted by atomic mass is 32.1. The Kier molecular flexibility index (Phi) is 4.13. The van der Waals surface area contributed by atoms with Crippen LogP contribution >= 0.6 is 11.3 Å². The van der Waals surface area contributed by atoms with Gasteiger partial charge in [0.25, 0.3) is 5.91 Å². The van der Waals surface area contributed by atoms with E-state index in [1.165, 1.54) is 18.4 Å². The minimum Gasteiger partial charge on any atom is -0.465 e. The molecule has 0 aliphatic carbocycles. The van der Waals surface area contributed by atoms with Crippen LogP contribution in [0.15, 0.2) is 35.7 Å². The van der Waals surface area contributed by atoms with Gasteiger partial charge in [0.15, 0.2) is 0 Å². The zero-order valence-electron chi connectivity index (χ0n) is 10.5. The van der Waals surface area contributed by atoms with Crippen molar-refractivity contribution in [2.24, 2.45) is 0 Å². The summed E-state index contributed by atoms with van der Waals surface area (Å²) in [7, 11) is 1.28. The number of carbonyl (C=O) groups is 2. The van der Waals surface area contributed by atoms with Crippen LogP contribution in [0.2, 0.25) is 0 Å². The van der Waals surface area contributed by atoms with Crippen molar-refractivity contribution in [3.63, 3.8) is 0 Å². The monoisotopic (exact) mass is 286 g/mol. The maximum absolute atomic E-state index is 12.0. The molecule has 0 aliphatic rings. The van der Waals surface area contributed by atoms with E-state index in [4.69, 9.17) is 5.26 Å². The van der Waals surface area contributed by atoms with Gasteiger partial charge in [-0.3, -0.25) is 4.79 Å². The zero-order chi connectivity index (χ0) is 14.5. The molecule has 0 saturated heterocycles. The van der Waals surface area contributed by atoms with E-state index in [0.717, 1.165) is 0 Å². The Balaban J connectivity index is 2.17. The van der Waals surface area contributed by atoms with Crippen molar-refractivity contribution >= 4 is 28.2 Å². The van der Waals surface area contributed by atoms with Crippen LogP contribution in [0.25, 0.3) is 0 Å². The molecular weight excluding hydrogens is 276 g/mol. The minimum atomic E-state index is -0.499. The number of esters is 1. The molecule has 2 aromatic rings. The number of ether oxygens (including phenoxy) is 1. The van der Waals surface area contributed by atoms with E-state index in [1.807, 2.05) is 6.07 Å². The number of nitrogens with one attached hydrogen (secondary N) is 1. The number of anilines is 1. The molecule has 0 fully saturated rings. The fourth-order valence-electron chi connectivity index (χ4n) is 1.55. The van der Waals surface area contributed by atoms with Crippen molar-refractivity contribution in [1.82, 2.24) is 0 Å². The number of nitriles is 1. The van der Waals surface area contributed by atoms with Gasteiger partial charge in [-0.15, -0.1) is 11.3 Å². The van der Waals surface area contributed by atoms with Crippen molar-refractivity contribution < 1.29 is 14.3 Å². The van der Waals surface area contributed by atoms with Gasteiger partial charge in [0.2, 0.25) is 0 Å². The van der Waals surface area contributed by atoms with Crippen LogP contribution in [-0.4, -0.2) is 19.0 Å². The predicted molar refractivity (Wildman–Crippen MR) is 74.8 cm³/mol. The highest BCUT2D eigenvalue weighted by Crippen LogP contribution is 2.24. The third-order valence-electron chi connectivity index (χ3n) is 2.57. The van der Waals surface area contributed by atoms with E-state index >= 15 is 0 Å². The maximum Gasteiger partial charge on any atom is 0.340 e. The number of methoxy groups -OCH3 is 1. The molecule has 1 aromatic heterocycles. The fraction of sp³-hybridized carbons (Fsp3) is 0.0714. The van der Waals surface area contributed by atoms with Crippen molar-refractivity contribution in [2.45, 2.75) is 0 Å². The largest absolute Gasteiger partial charge is 0.465 e. The average molecular weight is 286 g/mol. The minimum absolute atomic E-state index is 0.319. The Morgan fingerprint density at radius 2 is 1.95 bits per heavy atom. The molecule has 1 heterocycles. The SMILES string of the molecule is COC(=O)c1ccsc1NC(=O)c1ccc(C#N)cc1. The van der Waals surface area contributed by atoms with Crippen LogP contribution in [0.4, 0.5) is 5.00 Å². The van der Waals surface area contributed by atoms with Crippen LogP contribution in [0.1, 0.15) is 26.3 Å². The summed E-state index contributed by atoms with van der Waals surface area (Å²) in [5, 5.41) is 13.5. The molecule has 0 atom stereocenters. The first-order chi connectivity index (χ1) is 9.65. The van der Waals surface area contributed by atoms with Gasteiger partial charge in [0, 0.05) is 5.56 Å². The zero-order valence-corrected chi connectivity index (χ0v) is 11.4. The number of amides is 1. The summed E-state index contributed by atoms with van der Waals surface area (Å²) in [5.74, 6) is -0.844. The Bertz CT molecular complexity index is 683. The molecular formula is C14H10N2O3S. The summed E-state index contributed by atoms with van der Waals surface area (Å²) < 4.78 is 4.63. The van der Waals surface area contributed by atoms with Crippen LogP contribution in [-0.2, 0) is 4.74 Å². The van der Waals surface area contributed by atoms with E-state index in [2.05, 4.69) is 10.1 Å². The molecule has 0 saturated carbocycles. The van der Waals surface area contributed by atoms with Gasteiger partial charge < -0.3 is 10.1 Å². The lowest BCUT2D eigenvalue weighted by molar-refractivity contribution is 0.0602. The van der Waals surface area contributed by atoms with Crippen LogP contribution in [0, 0.1) is 11.3 Å². The van der Waals surface area contributed by atoms with Crippen LogP contribution in [0.5, 0.6) is 0 Å². The summed E-state index contributed by atoms with van der Waals surface area (Å²) in [5.41, 5.74) is 1.21. The lowest BCUT2D eigenvalue weighted by atomic mass is 10.1. The van der Waals surface area contributed by atoms with Gasteiger partial charge in [-0.1, -0.05) is 0 Å². The molecule has 1 N–H and O–H groups in total. The molecule has 2 rings (SSSR count). The summed E-state index contributed by atoms with van der Waals surface area (Å²) in [4.78, 5) is 23.5. The van der Waals surface area contributed by atoms with Gasteiger partial charge in [-0.2, -0.15) is 5.26 Å². The smallest absolute Gasteiger partial charge is 0.340 e. The lowest BCUT2D eigenvalue weighted by Gasteiger charge is -2.05. The van der Waals surface area contributed by atoms with Gasteiger partial charge in [-0.05, 0) is 35.7 Å². The van der Waals surface area contributed by atoms with Gasteiger partial charge >= 0.3 is 5.97 Å². The van der Waals surface area contributed by atoms with E-state index in [1.54, 1.807) is 35.7 Å². The van der Waals surface area contributed by atoms with E-state index in [-0.39, 0.29) is 5.91 Å². The fourth-order valence-corrected chi connectivity index (χ4v) is 2.32. The summed E-state index contributed by atoms with van der Waals surface area (Å²) in [6.45, 7) is 0. The summed E-state index contributed by atoms with van der Waals surface area (Å²) in [6, 6.07) is 9.80. The maximum atomic E-state index is 12.0. The van der Waals surface area contributed by atoms with Crippen LogP contribution in [0.3, 0.4) is 0 Å². The van der Waals surface area contributed by atoms with Crippen molar-refractivity contribution in [3.8, 4) is 6.07 Å². The number of rotatable bonds is 3. The molecule has 1 amide bonds. The molecule has 5 nitrogen and oxygen atoms in total. The molecule has 0 spiro atoms. The number of hydrogen-bond donors (Lipinski definition) is 1. The first-order valence-corrected chi connectivity index (χ1v) is 6.51. The second-order valence-corrected chi connectivity index (χ2v) is 4.71. The Morgan fingerprint density at radius 1 is 1.25 bits per heavy atom. The molecule has 0 radical (unpaired) electrons. The normalized spacial score (nSPS) is 9.60. The quantitative estimate of drug-likeness (QED) is 0.880. The lowest BCUT2D eigenvalue weighted by Crippen LogP contribution is -2.13. The van der Waals surface area contributed by atoms with E-state index < -0.39 is 5.97 Å². The highest BCUT2D eigenvalue weighted by molar-refractivity contribution is 7.14. The van der Waals surface area contributed by atoms with Crippen molar-refractivity contribution in [1.29, 1.82) is 5.26 Å². The first-order valence-electron chi connectivity index (χ1n) is 5.63. The Labute approximate surface area is 119 Å². The standard InChI is InChI=1S/C14H10N2O3S/c1-19-14(18)11-6-7-20-13(11)16-12(17)10-4-2-9(8-15)3-5-10/h2-7H,1H3,(H,16,17). The number of hydrogen-bond acceptors (Lipinski definition) is 5. The van der Waals surface area contributed by atoms with E-state index in [0.29, 0.717) is 21.7 Å². The average Bonchev–Trinajstić information content (AvgIpc) is 2.94. The topological polar surface area (TPSA) is 79.2 Å². The third kappa shape index (κ3) is 2.84. The second-order valence-electron chi connectivity index (χ2n) is 3.80. The summed E-state index contributed by atoms with van der Waals surface area (Å²) >= 11 is 1.24. The molecule has 6 heteroatoms. The molecule has 0 aliphatic heterocycles. The predicted octanol–water partition coefficient (Wildman–Crippen LogP) is 2.66. The Hall–Kier alpha value is -2.65. The summed E-state index contributed by atoms with van der Waals surface area (Å²) in [6.07, 6.45) is 0. The molecule has 0 unspecified atom stereocenters. The van der Waals surface area contributed by atoms with Gasteiger partial charge in [0.05, 0.1) is 24.3 Å². The van der Waals surface area contributed by atoms with Gasteiger partial charge in [0.1, 0.15) is 5.00 Å². The number of carbonyl (C=O) groups excluding carboxylic acids is 2. The molecule has 20 heavy (non-hydrogen) atoms. The van der Waals surface area contributed by atoms with Crippen molar-refractivity contribution in [3.05, 3.63) is 52.4 Å². The van der Waals surface area contributed by atoms with E-state index in [9.17, 15) is 9.59 Å². The van der Waals surface area contributed by atoms with Gasteiger partial charge in [-0.25, -0.2) is 4.79 Å². The highest BCUT2D eigenvalue weighted by Gasteiger charge is 2.16. The number of benzene rings is 1. The molecule has 1 aromatic carbocycles. The number of thiophene rings is 1. The molecule has 0 bridgehead atoms. The van der Waals surface area contributed by atoms with Crippen LogP contribution < -0.4 is 5.32 Å². The first kappa shape index (κ1) is 13.8. The number of nitrogens with zero attached hydrogens (tertiary/aromatic N) is 1. The second kappa shape index (κ2) is 5.99. The van der Waals surface area contributed by atoms with Crippen molar-refractivity contribution in [2.75, 3.05) is 12.4 Å². The molecule has 100 valence electrons.